The third-order valence-corrected chi connectivity index (χ3v) is 3.25. The quantitative estimate of drug-likeness (QED) is 0.896. The molecular weight excluding hydrogens is 228 g/mol. The van der Waals surface area contributed by atoms with Crippen molar-refractivity contribution in [3.63, 3.8) is 0 Å². The van der Waals surface area contributed by atoms with Gasteiger partial charge < -0.3 is 5.11 Å². The van der Waals surface area contributed by atoms with Gasteiger partial charge in [0.2, 0.25) is 0 Å². The molecule has 0 aliphatic heterocycles. The van der Waals surface area contributed by atoms with Gasteiger partial charge >= 0.3 is 0 Å². The van der Waals surface area contributed by atoms with E-state index in [0.717, 1.165) is 22.5 Å². The van der Waals surface area contributed by atoms with Gasteiger partial charge in [0.1, 0.15) is 0 Å². The molecule has 5 nitrogen and oxygen atoms in total. The SMILES string of the molecule is CCC(O)c1c(C)nn(Cc2cnn(C)c2)c1C. The van der Waals surface area contributed by atoms with E-state index in [0.29, 0.717) is 13.0 Å². The molecule has 18 heavy (non-hydrogen) atoms. The molecule has 0 aliphatic carbocycles. The first kappa shape index (κ1) is 12.8. The van der Waals surface area contributed by atoms with Crippen LogP contribution in [0.15, 0.2) is 12.4 Å². The number of aliphatic hydroxyl groups is 1. The molecule has 1 N–H and O–H groups in total. The van der Waals surface area contributed by atoms with Crippen LogP contribution >= 0.6 is 0 Å². The van der Waals surface area contributed by atoms with Crippen LogP contribution < -0.4 is 0 Å². The van der Waals surface area contributed by atoms with E-state index in [1.807, 2.05) is 44.9 Å². The van der Waals surface area contributed by atoms with E-state index in [1.165, 1.54) is 0 Å². The van der Waals surface area contributed by atoms with Gasteiger partial charge in [-0.1, -0.05) is 6.92 Å². The maximum Gasteiger partial charge on any atom is 0.0823 e. The fraction of sp³-hybridized carbons (Fsp3) is 0.538. The van der Waals surface area contributed by atoms with E-state index in [2.05, 4.69) is 10.2 Å². The first-order chi connectivity index (χ1) is 8.52. The standard InChI is InChI=1S/C13H20N4O/c1-5-12(18)13-9(2)15-17(10(13)3)8-11-6-14-16(4)7-11/h6-7,12,18H,5,8H2,1-4H3. The van der Waals surface area contributed by atoms with Crippen molar-refractivity contribution in [2.75, 3.05) is 0 Å². The molecule has 5 heteroatoms. The molecule has 0 amide bonds. The second-order valence-corrected chi connectivity index (χ2v) is 4.69. The molecule has 0 saturated heterocycles. The predicted octanol–water partition coefficient (Wildman–Crippen LogP) is 1.73. The summed E-state index contributed by atoms with van der Waals surface area (Å²) in [5, 5.41) is 18.7. The second-order valence-electron chi connectivity index (χ2n) is 4.69. The lowest BCUT2D eigenvalue weighted by molar-refractivity contribution is 0.172. The van der Waals surface area contributed by atoms with Gasteiger partial charge in [-0.15, -0.1) is 0 Å². The lowest BCUT2D eigenvalue weighted by Crippen LogP contribution is -2.05. The minimum absolute atomic E-state index is 0.423. The first-order valence-electron chi connectivity index (χ1n) is 6.22. The van der Waals surface area contributed by atoms with Crippen molar-refractivity contribution in [2.45, 2.75) is 39.8 Å². The molecule has 0 aliphatic rings. The van der Waals surface area contributed by atoms with E-state index >= 15 is 0 Å². The Labute approximate surface area is 107 Å². The summed E-state index contributed by atoms with van der Waals surface area (Å²) in [6.07, 6.45) is 4.10. The number of nitrogens with zero attached hydrogens (tertiary/aromatic N) is 4. The highest BCUT2D eigenvalue weighted by Crippen LogP contribution is 2.24. The van der Waals surface area contributed by atoms with Crippen LogP contribution in [0.4, 0.5) is 0 Å². The van der Waals surface area contributed by atoms with Gasteiger partial charge in [0, 0.05) is 30.1 Å². The molecule has 0 radical (unpaired) electrons. The van der Waals surface area contributed by atoms with Crippen LogP contribution in [0.2, 0.25) is 0 Å². The predicted molar refractivity (Wildman–Crippen MR) is 69.3 cm³/mol. The van der Waals surface area contributed by atoms with Crippen LogP contribution in [0.3, 0.4) is 0 Å². The van der Waals surface area contributed by atoms with Crippen molar-refractivity contribution in [2.24, 2.45) is 7.05 Å². The van der Waals surface area contributed by atoms with Crippen LogP contribution in [0.25, 0.3) is 0 Å². The number of aliphatic hydroxyl groups excluding tert-OH is 1. The highest BCUT2D eigenvalue weighted by molar-refractivity contribution is 5.27. The largest absolute Gasteiger partial charge is 0.388 e. The third-order valence-electron chi connectivity index (χ3n) is 3.25. The number of hydrogen-bond donors (Lipinski definition) is 1. The van der Waals surface area contributed by atoms with Crippen molar-refractivity contribution in [1.82, 2.24) is 19.6 Å². The molecule has 1 atom stereocenters. The molecule has 0 spiro atoms. The number of aromatic nitrogens is 4. The zero-order valence-electron chi connectivity index (χ0n) is 11.4. The highest BCUT2D eigenvalue weighted by Gasteiger charge is 2.17. The Morgan fingerprint density at radius 1 is 1.39 bits per heavy atom. The first-order valence-corrected chi connectivity index (χ1v) is 6.22. The molecule has 2 heterocycles. The Morgan fingerprint density at radius 3 is 2.67 bits per heavy atom. The average molecular weight is 248 g/mol. The maximum absolute atomic E-state index is 10.0. The smallest absolute Gasteiger partial charge is 0.0823 e. The number of aryl methyl sites for hydroxylation is 2. The summed E-state index contributed by atoms with van der Waals surface area (Å²) in [6, 6.07) is 0. The topological polar surface area (TPSA) is 55.9 Å². The molecule has 2 aromatic rings. The Bertz CT molecular complexity index is 541. The Balaban J connectivity index is 2.29. The maximum atomic E-state index is 10.0. The lowest BCUT2D eigenvalue weighted by Gasteiger charge is -2.08. The summed E-state index contributed by atoms with van der Waals surface area (Å²) in [5.41, 5.74) is 4.01. The molecule has 2 aromatic heterocycles. The van der Waals surface area contributed by atoms with Crippen LogP contribution in [0.1, 0.15) is 42.0 Å². The van der Waals surface area contributed by atoms with Gasteiger partial charge in [0.05, 0.1) is 24.5 Å². The van der Waals surface area contributed by atoms with E-state index < -0.39 is 6.10 Å². The van der Waals surface area contributed by atoms with Crippen molar-refractivity contribution in [1.29, 1.82) is 0 Å². The monoisotopic (exact) mass is 248 g/mol. The number of hydrogen-bond acceptors (Lipinski definition) is 3. The molecule has 0 saturated carbocycles. The Hall–Kier alpha value is -1.62. The third kappa shape index (κ3) is 2.31. The van der Waals surface area contributed by atoms with Crippen molar-refractivity contribution in [3.8, 4) is 0 Å². The zero-order valence-corrected chi connectivity index (χ0v) is 11.4. The summed E-state index contributed by atoms with van der Waals surface area (Å²) in [5.74, 6) is 0. The summed E-state index contributed by atoms with van der Waals surface area (Å²) < 4.78 is 3.71. The number of rotatable bonds is 4. The van der Waals surface area contributed by atoms with Crippen LogP contribution in [-0.4, -0.2) is 24.7 Å². The Kier molecular flexibility index (Phi) is 3.52. The zero-order chi connectivity index (χ0) is 13.3. The normalized spacial score (nSPS) is 12.9. The van der Waals surface area contributed by atoms with Crippen LogP contribution in [-0.2, 0) is 13.6 Å². The minimum Gasteiger partial charge on any atom is -0.388 e. The van der Waals surface area contributed by atoms with Gasteiger partial charge in [-0.25, -0.2) is 0 Å². The van der Waals surface area contributed by atoms with Gasteiger partial charge in [0.25, 0.3) is 0 Å². The van der Waals surface area contributed by atoms with Crippen molar-refractivity contribution in [3.05, 3.63) is 34.9 Å². The summed E-state index contributed by atoms with van der Waals surface area (Å²) in [6.45, 7) is 6.62. The second kappa shape index (κ2) is 4.94. The van der Waals surface area contributed by atoms with Gasteiger partial charge in [-0.2, -0.15) is 10.2 Å². The summed E-state index contributed by atoms with van der Waals surface area (Å²) >= 11 is 0. The fourth-order valence-electron chi connectivity index (χ4n) is 2.28. The van der Waals surface area contributed by atoms with E-state index in [9.17, 15) is 5.11 Å². The minimum atomic E-state index is -0.423. The van der Waals surface area contributed by atoms with Gasteiger partial charge in [-0.05, 0) is 20.3 Å². The summed E-state index contributed by atoms with van der Waals surface area (Å²) in [7, 11) is 1.90. The molecule has 0 bridgehead atoms. The molecule has 98 valence electrons. The molecule has 0 aromatic carbocycles. The van der Waals surface area contributed by atoms with Crippen molar-refractivity contribution < 1.29 is 5.11 Å². The van der Waals surface area contributed by atoms with E-state index in [1.54, 1.807) is 4.68 Å². The lowest BCUT2D eigenvalue weighted by atomic mass is 10.1. The van der Waals surface area contributed by atoms with E-state index in [4.69, 9.17) is 0 Å². The highest BCUT2D eigenvalue weighted by atomic mass is 16.3. The van der Waals surface area contributed by atoms with Gasteiger partial charge in [-0.3, -0.25) is 9.36 Å². The molecule has 0 fully saturated rings. The van der Waals surface area contributed by atoms with E-state index in [-0.39, 0.29) is 0 Å². The van der Waals surface area contributed by atoms with Crippen LogP contribution in [0.5, 0.6) is 0 Å². The van der Waals surface area contributed by atoms with Crippen LogP contribution in [0, 0.1) is 13.8 Å². The van der Waals surface area contributed by atoms with Gasteiger partial charge in [0.15, 0.2) is 0 Å². The average Bonchev–Trinajstić information content (AvgIpc) is 2.84. The molecule has 1 unspecified atom stereocenters. The molecule has 2 rings (SSSR count). The fourth-order valence-corrected chi connectivity index (χ4v) is 2.28. The van der Waals surface area contributed by atoms with Crippen molar-refractivity contribution >= 4 is 0 Å². The molecular formula is C13H20N4O. The Morgan fingerprint density at radius 2 is 2.11 bits per heavy atom. The summed E-state index contributed by atoms with van der Waals surface area (Å²) in [4.78, 5) is 0.